The molecule has 0 saturated carbocycles. The Balaban J connectivity index is 2.61. The number of hydrogen-bond donors (Lipinski definition) is 2. The highest BCUT2D eigenvalue weighted by Crippen LogP contribution is 2.22. The van der Waals surface area contributed by atoms with E-state index in [9.17, 15) is 9.59 Å². The summed E-state index contributed by atoms with van der Waals surface area (Å²) in [4.78, 5) is 24.9. The molecule has 1 saturated heterocycles. The van der Waals surface area contributed by atoms with Crippen molar-refractivity contribution in [2.75, 3.05) is 6.54 Å². The van der Waals surface area contributed by atoms with Crippen LogP contribution in [0.1, 0.15) is 40.5 Å². The predicted octanol–water partition coefficient (Wildman–Crippen LogP) is 1.93. The van der Waals surface area contributed by atoms with Crippen molar-refractivity contribution in [3.05, 3.63) is 0 Å². The molecule has 2 amide bonds. The van der Waals surface area contributed by atoms with E-state index in [0.29, 0.717) is 12.5 Å². The second-order valence-electron chi connectivity index (χ2n) is 5.68. The number of aliphatic carboxylic acids is 1. The number of nitrogens with one attached hydrogen (secondary N) is 1. The van der Waals surface area contributed by atoms with E-state index < -0.39 is 12.0 Å². The van der Waals surface area contributed by atoms with Crippen LogP contribution < -0.4 is 5.32 Å². The minimum absolute atomic E-state index is 0.120. The lowest BCUT2D eigenvalue weighted by atomic mass is 9.93. The van der Waals surface area contributed by atoms with Crippen LogP contribution in [-0.2, 0) is 4.79 Å². The molecular formula is C13H24N2O3. The largest absolute Gasteiger partial charge is 0.480 e. The molecule has 18 heavy (non-hydrogen) atoms. The molecule has 5 nitrogen and oxygen atoms in total. The summed E-state index contributed by atoms with van der Waals surface area (Å²) < 4.78 is 0. The second kappa shape index (κ2) is 6.07. The Hall–Kier alpha value is -1.26. The van der Waals surface area contributed by atoms with Gasteiger partial charge in [-0.2, -0.15) is 0 Å². The zero-order chi connectivity index (χ0) is 13.9. The van der Waals surface area contributed by atoms with Crippen LogP contribution in [-0.4, -0.2) is 40.6 Å². The van der Waals surface area contributed by atoms with Crippen LogP contribution in [0.15, 0.2) is 0 Å². The Bertz CT molecular complexity index is 317. The smallest absolute Gasteiger partial charge is 0.326 e. The molecule has 0 aromatic heterocycles. The summed E-state index contributed by atoms with van der Waals surface area (Å²) in [6.07, 6.45) is 1.96. The first-order valence-corrected chi connectivity index (χ1v) is 6.62. The monoisotopic (exact) mass is 256 g/mol. The van der Waals surface area contributed by atoms with Crippen LogP contribution >= 0.6 is 0 Å². The van der Waals surface area contributed by atoms with Crippen LogP contribution in [0.25, 0.3) is 0 Å². The van der Waals surface area contributed by atoms with E-state index in [2.05, 4.69) is 12.2 Å². The van der Waals surface area contributed by atoms with Gasteiger partial charge >= 0.3 is 12.0 Å². The first-order valence-electron chi connectivity index (χ1n) is 6.62. The molecule has 3 atom stereocenters. The Kier molecular flexibility index (Phi) is 4.99. The first-order chi connectivity index (χ1) is 8.32. The van der Waals surface area contributed by atoms with E-state index in [0.717, 1.165) is 12.8 Å². The minimum atomic E-state index is -0.976. The van der Waals surface area contributed by atoms with E-state index in [1.807, 2.05) is 6.92 Å². The molecule has 0 spiro atoms. The zero-order valence-electron chi connectivity index (χ0n) is 11.6. The number of carbonyl (C=O) groups is 2. The van der Waals surface area contributed by atoms with Gasteiger partial charge in [0.15, 0.2) is 0 Å². The molecule has 104 valence electrons. The van der Waals surface area contributed by atoms with Crippen LogP contribution in [0.3, 0.4) is 0 Å². The molecule has 1 aliphatic heterocycles. The van der Waals surface area contributed by atoms with E-state index >= 15 is 0 Å². The van der Waals surface area contributed by atoms with Crippen molar-refractivity contribution in [3.8, 4) is 0 Å². The fourth-order valence-electron chi connectivity index (χ4n) is 2.44. The third-order valence-corrected chi connectivity index (χ3v) is 3.61. The molecule has 1 rings (SSSR count). The highest BCUT2D eigenvalue weighted by molar-refractivity contribution is 5.83. The molecule has 0 bridgehead atoms. The minimum Gasteiger partial charge on any atom is -0.480 e. The molecule has 2 N–H and O–H groups in total. The van der Waals surface area contributed by atoms with Gasteiger partial charge in [-0.1, -0.05) is 20.8 Å². The molecule has 0 radical (unpaired) electrons. The molecule has 2 unspecified atom stereocenters. The van der Waals surface area contributed by atoms with Crippen molar-refractivity contribution in [1.29, 1.82) is 0 Å². The van der Waals surface area contributed by atoms with Gasteiger partial charge in [0.05, 0.1) is 0 Å². The average molecular weight is 256 g/mol. The lowest BCUT2D eigenvalue weighted by molar-refractivity contribution is -0.140. The van der Waals surface area contributed by atoms with Gasteiger partial charge in [-0.25, -0.2) is 9.59 Å². The molecule has 5 heteroatoms. The fraction of sp³-hybridized carbons (Fsp3) is 0.846. The summed E-state index contributed by atoms with van der Waals surface area (Å²) in [5.74, 6) is -0.466. The Morgan fingerprint density at radius 1 is 1.33 bits per heavy atom. The van der Waals surface area contributed by atoms with Gasteiger partial charge in [0.1, 0.15) is 6.04 Å². The summed E-state index contributed by atoms with van der Waals surface area (Å²) in [5, 5.41) is 11.7. The quantitative estimate of drug-likeness (QED) is 0.810. The Labute approximate surface area is 109 Å². The number of likely N-dealkylation sites (tertiary alicyclic amines) is 1. The fourth-order valence-corrected chi connectivity index (χ4v) is 2.44. The normalized spacial score (nSPS) is 25.9. The maximum Gasteiger partial charge on any atom is 0.326 e. The summed E-state index contributed by atoms with van der Waals surface area (Å²) in [7, 11) is 0. The summed E-state index contributed by atoms with van der Waals surface area (Å²) in [6, 6.07) is -0.894. The van der Waals surface area contributed by atoms with Gasteiger partial charge in [0.2, 0.25) is 0 Å². The summed E-state index contributed by atoms with van der Waals surface area (Å²) in [6.45, 7) is 8.49. The predicted molar refractivity (Wildman–Crippen MR) is 69.4 cm³/mol. The number of hydrogen-bond acceptors (Lipinski definition) is 2. The van der Waals surface area contributed by atoms with Crippen LogP contribution in [0.2, 0.25) is 0 Å². The number of carboxylic acids is 1. The van der Waals surface area contributed by atoms with E-state index in [4.69, 9.17) is 5.11 Å². The van der Waals surface area contributed by atoms with Crippen LogP contribution in [0.5, 0.6) is 0 Å². The van der Waals surface area contributed by atoms with Crippen molar-refractivity contribution in [1.82, 2.24) is 10.2 Å². The highest BCUT2D eigenvalue weighted by Gasteiger charge is 2.30. The molecule has 1 heterocycles. The Morgan fingerprint density at radius 3 is 2.39 bits per heavy atom. The van der Waals surface area contributed by atoms with Crippen molar-refractivity contribution >= 4 is 12.0 Å². The van der Waals surface area contributed by atoms with Gasteiger partial charge in [-0.3, -0.25) is 0 Å². The molecule has 1 aliphatic rings. The van der Waals surface area contributed by atoms with Crippen molar-refractivity contribution in [2.45, 2.75) is 52.6 Å². The Morgan fingerprint density at radius 2 is 1.94 bits per heavy atom. The SMILES string of the molecule is CC1CCN(C(=O)N[C@@H](C(=O)O)C(C)C)C(C)C1. The number of rotatable bonds is 3. The number of nitrogens with zero attached hydrogens (tertiary/aromatic N) is 1. The third kappa shape index (κ3) is 3.62. The molecular weight excluding hydrogens is 232 g/mol. The van der Waals surface area contributed by atoms with Gasteiger partial charge in [-0.15, -0.1) is 0 Å². The van der Waals surface area contributed by atoms with Gasteiger partial charge < -0.3 is 15.3 Å². The van der Waals surface area contributed by atoms with Crippen molar-refractivity contribution < 1.29 is 14.7 Å². The summed E-state index contributed by atoms with van der Waals surface area (Å²) >= 11 is 0. The number of carbonyl (C=O) groups excluding carboxylic acids is 1. The van der Waals surface area contributed by atoms with Crippen molar-refractivity contribution in [2.24, 2.45) is 11.8 Å². The molecule has 1 fully saturated rings. The lowest BCUT2D eigenvalue weighted by Gasteiger charge is -2.37. The topological polar surface area (TPSA) is 69.6 Å². The van der Waals surface area contributed by atoms with Gasteiger partial charge in [-0.05, 0) is 31.6 Å². The van der Waals surface area contributed by atoms with Gasteiger partial charge in [0.25, 0.3) is 0 Å². The number of urea groups is 1. The number of carboxylic acid groups (broad SMARTS) is 1. The molecule has 0 aliphatic carbocycles. The van der Waals surface area contributed by atoms with E-state index in [-0.39, 0.29) is 18.0 Å². The first kappa shape index (κ1) is 14.8. The second-order valence-corrected chi connectivity index (χ2v) is 5.68. The highest BCUT2D eigenvalue weighted by atomic mass is 16.4. The summed E-state index contributed by atoms with van der Waals surface area (Å²) in [5.41, 5.74) is 0. The standard InChI is InChI=1S/C13H24N2O3/c1-8(2)11(12(16)17)14-13(18)15-6-5-9(3)7-10(15)4/h8-11H,5-7H2,1-4H3,(H,14,18)(H,16,17)/t9?,10?,11-/m1/s1. The number of amides is 2. The van der Waals surface area contributed by atoms with Crippen LogP contribution in [0.4, 0.5) is 4.79 Å². The van der Waals surface area contributed by atoms with Gasteiger partial charge in [0, 0.05) is 12.6 Å². The maximum absolute atomic E-state index is 12.1. The van der Waals surface area contributed by atoms with Crippen LogP contribution in [0, 0.1) is 11.8 Å². The van der Waals surface area contributed by atoms with E-state index in [1.54, 1.807) is 18.7 Å². The lowest BCUT2D eigenvalue weighted by Crippen LogP contribution is -2.54. The maximum atomic E-state index is 12.1. The third-order valence-electron chi connectivity index (χ3n) is 3.61. The van der Waals surface area contributed by atoms with E-state index in [1.165, 1.54) is 0 Å². The molecule has 0 aromatic rings. The molecule has 0 aromatic carbocycles. The average Bonchev–Trinajstić information content (AvgIpc) is 2.24. The van der Waals surface area contributed by atoms with Crippen molar-refractivity contribution in [3.63, 3.8) is 0 Å². The number of piperidine rings is 1. The zero-order valence-corrected chi connectivity index (χ0v) is 11.6.